The Morgan fingerprint density at radius 1 is 1.36 bits per heavy atom. The van der Waals surface area contributed by atoms with E-state index in [1.54, 1.807) is 11.6 Å². The molecule has 0 aliphatic carbocycles. The Balaban J connectivity index is 2.90. The van der Waals surface area contributed by atoms with Crippen molar-refractivity contribution in [2.45, 2.75) is 33.2 Å². The molecule has 0 saturated heterocycles. The third-order valence-corrected chi connectivity index (χ3v) is 1.86. The van der Waals surface area contributed by atoms with Crippen LogP contribution in [0.1, 0.15) is 26.7 Å². The van der Waals surface area contributed by atoms with Crippen LogP contribution in [0.4, 0.5) is 0 Å². The Bertz CT molecular complexity index is 340. The molecule has 0 radical (unpaired) electrons. The highest BCUT2D eigenvalue weighted by atomic mass is 16.5. The first-order valence-electron chi connectivity index (χ1n) is 4.97. The summed E-state index contributed by atoms with van der Waals surface area (Å²) in [7, 11) is 1.63. The number of aryl methyl sites for hydroxylation is 1. The van der Waals surface area contributed by atoms with Gasteiger partial charge in [0.1, 0.15) is 0 Å². The molecule has 0 unspecified atom stereocenters. The lowest BCUT2D eigenvalue weighted by atomic mass is 10.5. The van der Waals surface area contributed by atoms with E-state index in [0.717, 1.165) is 12.8 Å². The summed E-state index contributed by atoms with van der Waals surface area (Å²) < 4.78 is 8.24. The third-order valence-electron chi connectivity index (χ3n) is 1.86. The molecule has 1 aromatic heterocycles. The standard InChI is InChI=1S/C9H17N3O2/c1-4-6-12-8(14-7-5-2)10-11(3)9(12)13/h4-7H2,1-3H3. The van der Waals surface area contributed by atoms with Crippen LogP contribution in [0.2, 0.25) is 0 Å². The number of hydrogen-bond donors (Lipinski definition) is 0. The van der Waals surface area contributed by atoms with Crippen molar-refractivity contribution in [1.29, 1.82) is 0 Å². The minimum absolute atomic E-state index is 0.113. The molecule has 0 amide bonds. The van der Waals surface area contributed by atoms with Crippen molar-refractivity contribution in [1.82, 2.24) is 14.3 Å². The highest BCUT2D eigenvalue weighted by molar-refractivity contribution is 4.93. The molecule has 80 valence electrons. The largest absolute Gasteiger partial charge is 0.464 e. The van der Waals surface area contributed by atoms with Gasteiger partial charge in [-0.25, -0.2) is 14.0 Å². The van der Waals surface area contributed by atoms with Crippen LogP contribution in [0.25, 0.3) is 0 Å². The third kappa shape index (κ3) is 2.16. The molecule has 0 aliphatic heterocycles. The van der Waals surface area contributed by atoms with E-state index in [9.17, 15) is 4.79 Å². The Hall–Kier alpha value is -1.26. The van der Waals surface area contributed by atoms with Gasteiger partial charge in [-0.15, -0.1) is 5.10 Å². The molecule has 0 saturated carbocycles. The number of aromatic nitrogens is 3. The summed E-state index contributed by atoms with van der Waals surface area (Å²) in [4.78, 5) is 11.5. The molecule has 0 atom stereocenters. The van der Waals surface area contributed by atoms with Crippen molar-refractivity contribution in [3.05, 3.63) is 10.5 Å². The summed E-state index contributed by atoms with van der Waals surface area (Å²) in [5.74, 6) is 0. The molecule has 1 aromatic rings. The van der Waals surface area contributed by atoms with Crippen molar-refractivity contribution in [2.75, 3.05) is 6.61 Å². The molecular weight excluding hydrogens is 182 g/mol. The molecule has 0 N–H and O–H groups in total. The predicted octanol–water partition coefficient (Wildman–Crippen LogP) is 0.781. The van der Waals surface area contributed by atoms with E-state index in [4.69, 9.17) is 4.74 Å². The van der Waals surface area contributed by atoms with Crippen molar-refractivity contribution >= 4 is 0 Å². The maximum atomic E-state index is 11.5. The normalized spacial score (nSPS) is 10.5. The number of nitrogens with zero attached hydrogens (tertiary/aromatic N) is 3. The molecule has 0 spiro atoms. The highest BCUT2D eigenvalue weighted by Gasteiger charge is 2.10. The van der Waals surface area contributed by atoms with Gasteiger partial charge in [0.2, 0.25) is 0 Å². The molecule has 0 aromatic carbocycles. The molecule has 0 aliphatic rings. The average molecular weight is 199 g/mol. The highest BCUT2D eigenvalue weighted by Crippen LogP contribution is 2.04. The van der Waals surface area contributed by atoms with Gasteiger partial charge in [-0.3, -0.25) is 0 Å². The summed E-state index contributed by atoms with van der Waals surface area (Å²) in [6.07, 6.45) is 1.81. The minimum atomic E-state index is -0.113. The summed E-state index contributed by atoms with van der Waals surface area (Å²) >= 11 is 0. The van der Waals surface area contributed by atoms with Crippen molar-refractivity contribution in [3.8, 4) is 6.01 Å². The van der Waals surface area contributed by atoms with Crippen LogP contribution in [0, 0.1) is 0 Å². The molecule has 1 rings (SSSR count). The molecular formula is C9H17N3O2. The fourth-order valence-corrected chi connectivity index (χ4v) is 1.20. The fourth-order valence-electron chi connectivity index (χ4n) is 1.20. The molecule has 1 heterocycles. The Morgan fingerprint density at radius 2 is 2.07 bits per heavy atom. The topological polar surface area (TPSA) is 49.1 Å². The van der Waals surface area contributed by atoms with E-state index in [1.807, 2.05) is 13.8 Å². The van der Waals surface area contributed by atoms with Crippen LogP contribution >= 0.6 is 0 Å². The lowest BCUT2D eigenvalue weighted by Gasteiger charge is -2.03. The maximum Gasteiger partial charge on any atom is 0.348 e. The quantitative estimate of drug-likeness (QED) is 0.704. The van der Waals surface area contributed by atoms with E-state index < -0.39 is 0 Å². The van der Waals surface area contributed by atoms with Crippen LogP contribution in [-0.2, 0) is 13.6 Å². The Kier molecular flexibility index (Phi) is 3.73. The fraction of sp³-hybridized carbons (Fsp3) is 0.778. The molecule has 5 heteroatoms. The van der Waals surface area contributed by atoms with Gasteiger partial charge in [0.05, 0.1) is 6.61 Å². The smallest absolute Gasteiger partial charge is 0.348 e. The molecule has 0 bridgehead atoms. The number of ether oxygens (including phenoxy) is 1. The van der Waals surface area contributed by atoms with Crippen LogP contribution in [0.15, 0.2) is 4.79 Å². The number of rotatable bonds is 5. The summed E-state index contributed by atoms with van der Waals surface area (Å²) in [5.41, 5.74) is -0.113. The van der Waals surface area contributed by atoms with Gasteiger partial charge in [-0.2, -0.15) is 0 Å². The van der Waals surface area contributed by atoms with Gasteiger partial charge in [0, 0.05) is 13.6 Å². The second kappa shape index (κ2) is 4.83. The average Bonchev–Trinajstić information content (AvgIpc) is 2.43. The first kappa shape index (κ1) is 10.8. The second-order valence-corrected chi connectivity index (χ2v) is 3.19. The van der Waals surface area contributed by atoms with Gasteiger partial charge in [0.15, 0.2) is 0 Å². The van der Waals surface area contributed by atoms with Crippen molar-refractivity contribution in [3.63, 3.8) is 0 Å². The molecule has 14 heavy (non-hydrogen) atoms. The zero-order chi connectivity index (χ0) is 10.6. The van der Waals surface area contributed by atoms with Crippen LogP contribution < -0.4 is 10.4 Å². The van der Waals surface area contributed by atoms with E-state index >= 15 is 0 Å². The zero-order valence-corrected chi connectivity index (χ0v) is 8.99. The minimum Gasteiger partial charge on any atom is -0.464 e. The van der Waals surface area contributed by atoms with Crippen molar-refractivity contribution < 1.29 is 4.74 Å². The van der Waals surface area contributed by atoms with E-state index in [1.165, 1.54) is 4.68 Å². The van der Waals surface area contributed by atoms with Crippen LogP contribution in [0.3, 0.4) is 0 Å². The SMILES string of the molecule is CCCOc1nn(C)c(=O)n1CCC. The first-order chi connectivity index (χ1) is 6.70. The van der Waals surface area contributed by atoms with Gasteiger partial charge in [-0.05, 0) is 12.8 Å². The van der Waals surface area contributed by atoms with Crippen molar-refractivity contribution in [2.24, 2.45) is 7.05 Å². The number of hydrogen-bond acceptors (Lipinski definition) is 3. The van der Waals surface area contributed by atoms with E-state index in [0.29, 0.717) is 19.2 Å². The zero-order valence-electron chi connectivity index (χ0n) is 8.99. The Labute approximate surface area is 83.3 Å². The lowest BCUT2D eigenvalue weighted by Crippen LogP contribution is -2.23. The Morgan fingerprint density at radius 3 is 2.64 bits per heavy atom. The van der Waals surface area contributed by atoms with Gasteiger partial charge >= 0.3 is 11.7 Å². The van der Waals surface area contributed by atoms with Crippen LogP contribution in [0.5, 0.6) is 6.01 Å². The lowest BCUT2D eigenvalue weighted by molar-refractivity contribution is 0.274. The predicted molar refractivity (Wildman–Crippen MR) is 53.5 cm³/mol. The van der Waals surface area contributed by atoms with Gasteiger partial charge in [0.25, 0.3) is 0 Å². The monoisotopic (exact) mass is 199 g/mol. The van der Waals surface area contributed by atoms with Crippen LogP contribution in [-0.4, -0.2) is 21.0 Å². The summed E-state index contributed by atoms with van der Waals surface area (Å²) in [5, 5.41) is 4.01. The van der Waals surface area contributed by atoms with Gasteiger partial charge < -0.3 is 4.74 Å². The maximum absolute atomic E-state index is 11.5. The summed E-state index contributed by atoms with van der Waals surface area (Å²) in [6, 6.07) is 0.432. The first-order valence-corrected chi connectivity index (χ1v) is 4.97. The van der Waals surface area contributed by atoms with Gasteiger partial charge in [-0.1, -0.05) is 13.8 Å². The molecule has 0 fully saturated rings. The molecule has 5 nitrogen and oxygen atoms in total. The van der Waals surface area contributed by atoms with E-state index in [2.05, 4.69) is 5.10 Å². The van der Waals surface area contributed by atoms with E-state index in [-0.39, 0.29) is 5.69 Å². The second-order valence-electron chi connectivity index (χ2n) is 3.19. The summed E-state index contributed by atoms with van der Waals surface area (Å²) in [6.45, 7) is 5.29.